The van der Waals surface area contributed by atoms with Crippen LogP contribution in [-0.2, 0) is 28.9 Å². The molecule has 14 heteroatoms. The van der Waals surface area contributed by atoms with Crippen molar-refractivity contribution in [2.24, 2.45) is 0 Å². The van der Waals surface area contributed by atoms with Gasteiger partial charge in [0.1, 0.15) is 30.5 Å². The van der Waals surface area contributed by atoms with Crippen molar-refractivity contribution in [2.75, 3.05) is 13.2 Å². The van der Waals surface area contributed by atoms with Crippen molar-refractivity contribution in [1.29, 1.82) is 0 Å². The maximum Gasteiger partial charge on any atom is 0.397 e. The van der Waals surface area contributed by atoms with Crippen LogP contribution in [0.25, 0.3) is 0 Å². The van der Waals surface area contributed by atoms with Gasteiger partial charge in [-0.2, -0.15) is 8.42 Å². The second-order valence-electron chi connectivity index (χ2n) is 15.4. The topological polar surface area (TPSA) is 212 Å². The maximum atomic E-state index is 12.9. The molecule has 1 aliphatic rings. The van der Waals surface area contributed by atoms with Crippen LogP contribution < -0.4 is 5.32 Å². The molecule has 0 bridgehead atoms. The molecule has 0 saturated carbocycles. The smallest absolute Gasteiger partial charge is 0.394 e. The van der Waals surface area contributed by atoms with Gasteiger partial charge in [-0.1, -0.05) is 159 Å². The molecule has 0 aliphatic carbocycles. The van der Waals surface area contributed by atoms with Gasteiger partial charge in [0.25, 0.3) is 0 Å². The quantitative estimate of drug-likeness (QED) is 0.0195. The van der Waals surface area contributed by atoms with Crippen LogP contribution in [0.2, 0.25) is 0 Å². The number of allylic oxidation sites excluding steroid dienone is 5. The summed E-state index contributed by atoms with van der Waals surface area (Å²) in [4.78, 5) is 12.9. The van der Waals surface area contributed by atoms with E-state index in [4.69, 9.17) is 14.0 Å². The van der Waals surface area contributed by atoms with Crippen LogP contribution in [0.4, 0.5) is 0 Å². The number of unbranched alkanes of at least 4 members (excludes halogenated alkanes) is 19. The van der Waals surface area contributed by atoms with Crippen molar-refractivity contribution in [1.82, 2.24) is 5.32 Å². The third-order valence-electron chi connectivity index (χ3n) is 10.3. The average molecular weight is 834 g/mol. The average Bonchev–Trinajstić information content (AvgIpc) is 3.18. The van der Waals surface area contributed by atoms with Gasteiger partial charge in [0.15, 0.2) is 6.29 Å². The summed E-state index contributed by atoms with van der Waals surface area (Å²) in [5.74, 6) is -0.717. The van der Waals surface area contributed by atoms with E-state index in [0.717, 1.165) is 51.4 Å². The van der Waals surface area contributed by atoms with Crippen LogP contribution in [0.3, 0.4) is 0 Å². The molecule has 0 aromatic rings. The molecule has 1 aliphatic heterocycles. The van der Waals surface area contributed by atoms with E-state index in [0.29, 0.717) is 12.8 Å². The highest BCUT2D eigenvalue weighted by atomic mass is 32.3. The maximum absolute atomic E-state index is 12.9. The Morgan fingerprint density at radius 3 is 1.75 bits per heavy atom. The van der Waals surface area contributed by atoms with E-state index in [9.17, 15) is 38.7 Å². The van der Waals surface area contributed by atoms with E-state index in [1.54, 1.807) is 6.08 Å². The normalized spacial score (nSPS) is 22.1. The Morgan fingerprint density at radius 2 is 1.23 bits per heavy atom. The van der Waals surface area contributed by atoms with Gasteiger partial charge in [-0.25, -0.2) is 4.18 Å². The lowest BCUT2D eigenvalue weighted by atomic mass is 9.99. The molecular formula is C43H79NO12S. The standard InChI is InChI=1S/C43H79NO12S/c1-3-5-7-9-10-11-12-13-14-15-16-17-18-19-20-21-22-23-24-25-26-27-28-30-32-37(47)42(50)44-35(36(46)31-29-8-6-4-2)34-54-43-40(49)41(56-57(51,52)53)39(48)38(33-45)55-43/h16-17,19-20,29,31,35-41,43,45-49H,3-15,18,21-28,30,32-34H2,1-2H3,(H,44,50)(H,51,52,53)/b17-16-,20-19-,31-29+. The number of nitrogens with one attached hydrogen (secondary N) is 1. The zero-order valence-corrected chi connectivity index (χ0v) is 35.8. The first kappa shape index (κ1) is 53.3. The summed E-state index contributed by atoms with van der Waals surface area (Å²) in [5.41, 5.74) is 0. The molecule has 1 saturated heterocycles. The molecule has 13 nitrogen and oxygen atoms in total. The van der Waals surface area contributed by atoms with Gasteiger partial charge in [-0.3, -0.25) is 9.35 Å². The Kier molecular flexibility index (Phi) is 31.8. The second kappa shape index (κ2) is 34.0. The Bertz CT molecular complexity index is 1180. The van der Waals surface area contributed by atoms with Crippen molar-refractivity contribution >= 4 is 16.3 Å². The molecular weight excluding hydrogens is 755 g/mol. The van der Waals surface area contributed by atoms with Crippen LogP contribution in [-0.4, -0.2) is 107 Å². The molecule has 8 unspecified atom stereocenters. The SMILES string of the molecule is CCCC/C=C/C(O)C(COC1OC(CO)C(O)C(OS(=O)(=O)O)C1O)NC(=O)C(O)CCCCCCCCCC/C=C\C/C=C\CCCCCCCCCCC. The molecule has 1 heterocycles. The van der Waals surface area contributed by atoms with E-state index < -0.39 is 78.5 Å². The van der Waals surface area contributed by atoms with Crippen molar-refractivity contribution in [3.05, 3.63) is 36.5 Å². The largest absolute Gasteiger partial charge is 0.397 e. The molecule has 7 N–H and O–H groups in total. The number of hydrogen-bond acceptors (Lipinski definition) is 11. The third kappa shape index (κ3) is 26.9. The van der Waals surface area contributed by atoms with Crippen LogP contribution >= 0.6 is 0 Å². The fourth-order valence-electron chi connectivity index (χ4n) is 6.71. The van der Waals surface area contributed by atoms with Crippen LogP contribution in [0.15, 0.2) is 36.5 Å². The summed E-state index contributed by atoms with van der Waals surface area (Å²) in [6.45, 7) is 3.01. The number of carbonyl (C=O) groups excluding carboxylic acids is 1. The lowest BCUT2D eigenvalue weighted by molar-refractivity contribution is -0.298. The molecule has 1 fully saturated rings. The van der Waals surface area contributed by atoms with Crippen LogP contribution in [0.5, 0.6) is 0 Å². The van der Waals surface area contributed by atoms with E-state index in [-0.39, 0.29) is 6.42 Å². The minimum atomic E-state index is -5.11. The van der Waals surface area contributed by atoms with E-state index in [1.165, 1.54) is 89.5 Å². The molecule has 57 heavy (non-hydrogen) atoms. The summed E-state index contributed by atoms with van der Waals surface area (Å²) in [6, 6.07) is -1.12. The number of amides is 1. The highest BCUT2D eigenvalue weighted by Gasteiger charge is 2.48. The van der Waals surface area contributed by atoms with Crippen molar-refractivity contribution in [2.45, 2.75) is 217 Å². The van der Waals surface area contributed by atoms with E-state index in [2.05, 4.69) is 40.7 Å². The number of ether oxygens (including phenoxy) is 2. The first-order chi connectivity index (χ1) is 27.4. The van der Waals surface area contributed by atoms with Gasteiger partial charge >= 0.3 is 10.4 Å². The lowest BCUT2D eigenvalue weighted by Gasteiger charge is -2.41. The minimum Gasteiger partial charge on any atom is -0.394 e. The lowest BCUT2D eigenvalue weighted by Crippen LogP contribution is -2.61. The van der Waals surface area contributed by atoms with Crippen molar-refractivity contribution < 1.29 is 57.0 Å². The third-order valence-corrected chi connectivity index (χ3v) is 10.7. The molecule has 0 radical (unpaired) electrons. The Balaban J connectivity index is 2.33. The van der Waals surface area contributed by atoms with Gasteiger partial charge in [0.05, 0.1) is 25.4 Å². The highest BCUT2D eigenvalue weighted by Crippen LogP contribution is 2.26. The Labute approximate surface area is 344 Å². The molecule has 0 spiro atoms. The number of hydrogen-bond donors (Lipinski definition) is 7. The summed E-state index contributed by atoms with van der Waals surface area (Å²) in [5, 5.41) is 54.5. The van der Waals surface area contributed by atoms with Gasteiger partial charge < -0.3 is 40.3 Å². The predicted octanol–water partition coefficient (Wildman–Crippen LogP) is 6.91. The second-order valence-corrected chi connectivity index (χ2v) is 16.5. The Morgan fingerprint density at radius 1 is 0.719 bits per heavy atom. The summed E-state index contributed by atoms with van der Waals surface area (Å²) in [7, 11) is -5.11. The van der Waals surface area contributed by atoms with Gasteiger partial charge in [0.2, 0.25) is 5.91 Å². The summed E-state index contributed by atoms with van der Waals surface area (Å²) < 4.78 is 47.0. The number of aliphatic hydroxyl groups is 5. The van der Waals surface area contributed by atoms with Crippen molar-refractivity contribution in [3.8, 4) is 0 Å². The van der Waals surface area contributed by atoms with Crippen LogP contribution in [0.1, 0.15) is 168 Å². The molecule has 0 aromatic carbocycles. The molecule has 1 rings (SSSR count). The molecule has 8 atom stereocenters. The summed E-state index contributed by atoms with van der Waals surface area (Å²) >= 11 is 0. The zero-order chi connectivity index (χ0) is 42.2. The fourth-order valence-corrected chi connectivity index (χ4v) is 7.22. The monoisotopic (exact) mass is 834 g/mol. The van der Waals surface area contributed by atoms with Crippen molar-refractivity contribution in [3.63, 3.8) is 0 Å². The summed E-state index contributed by atoms with van der Waals surface area (Å²) in [6.07, 6.45) is 27.7. The first-order valence-electron chi connectivity index (χ1n) is 22.0. The fraction of sp³-hybridized carbons (Fsp3) is 0.837. The highest BCUT2D eigenvalue weighted by molar-refractivity contribution is 7.80. The van der Waals surface area contributed by atoms with E-state index >= 15 is 0 Å². The first-order valence-corrected chi connectivity index (χ1v) is 23.3. The van der Waals surface area contributed by atoms with Gasteiger partial charge in [-0.05, 0) is 44.9 Å². The molecule has 0 aromatic heterocycles. The zero-order valence-electron chi connectivity index (χ0n) is 35.0. The Hall–Kier alpha value is -1.72. The number of aliphatic hydroxyl groups excluding tert-OH is 5. The predicted molar refractivity (Wildman–Crippen MR) is 224 cm³/mol. The van der Waals surface area contributed by atoms with Gasteiger partial charge in [0, 0.05) is 0 Å². The molecule has 1 amide bonds. The minimum absolute atomic E-state index is 0.234. The molecule has 334 valence electrons. The number of rotatable bonds is 36. The van der Waals surface area contributed by atoms with E-state index in [1.807, 2.05) is 6.92 Å². The number of carbonyl (C=O) groups is 1. The van der Waals surface area contributed by atoms with Crippen LogP contribution in [0, 0.1) is 0 Å². The van der Waals surface area contributed by atoms with Gasteiger partial charge in [-0.15, -0.1) is 0 Å².